The van der Waals surface area contributed by atoms with E-state index in [4.69, 9.17) is 49.5 Å². The van der Waals surface area contributed by atoms with Crippen molar-refractivity contribution in [3.8, 4) is 34.5 Å². The molecule has 1 fully saturated rings. The zero-order valence-electron chi connectivity index (χ0n) is 80.2. The second-order valence-electron chi connectivity index (χ2n) is 31.9. The van der Waals surface area contributed by atoms with Gasteiger partial charge in [0, 0.05) is 37.9 Å². The molecule has 1 aliphatic carbocycles. The first kappa shape index (κ1) is 106. The Kier molecular flexibility index (Phi) is 42.0. The first-order valence-electron chi connectivity index (χ1n) is 43.6. The van der Waals surface area contributed by atoms with E-state index in [1.165, 1.54) is 82.1 Å². The van der Waals surface area contributed by atoms with Gasteiger partial charge in [0.1, 0.15) is 80.0 Å². The summed E-state index contributed by atoms with van der Waals surface area (Å²) < 4.78 is 77.8. The molecule has 712 valence electrons. The highest BCUT2D eigenvalue weighted by Gasteiger charge is 2.29. The van der Waals surface area contributed by atoms with E-state index in [1.54, 1.807) is 18.2 Å². The Morgan fingerprint density at radius 2 is 0.548 bits per heavy atom. The molecule has 0 aromatic heterocycles. The average molecular weight is 1930 g/mol. The fourth-order valence-corrected chi connectivity index (χ4v) is 14.7. The van der Waals surface area contributed by atoms with E-state index in [-0.39, 0.29) is 12.3 Å². The van der Waals surface area contributed by atoms with Crippen molar-refractivity contribution < 1.29 is 90.0 Å². The van der Waals surface area contributed by atoms with Crippen molar-refractivity contribution in [1.29, 1.82) is 0 Å². The van der Waals surface area contributed by atoms with Gasteiger partial charge in [-0.25, -0.2) is 33.2 Å². The Hall–Kier alpha value is -14.2. The second kappa shape index (κ2) is 53.5. The summed E-state index contributed by atoms with van der Waals surface area (Å²) in [5.41, 5.74) is 25.3. The minimum atomic E-state index is -0.724. The summed E-state index contributed by atoms with van der Waals surface area (Å²) in [5, 5.41) is 16.5. The molecule has 27 heteroatoms. The summed E-state index contributed by atoms with van der Waals surface area (Å²) in [6.07, 6.45) is -0.0689. The fraction of sp³-hybridized carbons (Fsp3) is 0.278. The lowest BCUT2D eigenvalue weighted by atomic mass is 10.0. The predicted octanol–water partition coefficient (Wildman–Crippen LogP) is 27.7. The topological polar surface area (TPSA) is 285 Å². The molecule has 0 atom stereocenters. The molecular formula is C108H121BrClFN6O18. The normalized spacial score (nSPS) is 10.8. The van der Waals surface area contributed by atoms with Gasteiger partial charge in [0.25, 0.3) is 0 Å². The predicted molar refractivity (Wildman–Crippen MR) is 535 cm³/mol. The monoisotopic (exact) mass is 1920 g/mol. The zero-order valence-corrected chi connectivity index (χ0v) is 82.6. The molecule has 0 aliphatic heterocycles. The van der Waals surface area contributed by atoms with Gasteiger partial charge in [-0.05, 0) is 236 Å². The van der Waals surface area contributed by atoms with Crippen LogP contribution in [0.25, 0.3) is 0 Å². The molecule has 24 nitrogen and oxygen atoms in total. The van der Waals surface area contributed by atoms with Crippen LogP contribution in [0.4, 0.5) is 67.3 Å². The number of anilines is 6. The lowest BCUT2D eigenvalue weighted by molar-refractivity contribution is 0.186. The van der Waals surface area contributed by atoms with Crippen molar-refractivity contribution in [3.63, 3.8) is 0 Å². The Balaban J connectivity index is 0.000000199. The van der Waals surface area contributed by atoms with Gasteiger partial charge in [0.15, 0.2) is 0 Å². The van der Waals surface area contributed by atoms with Gasteiger partial charge < -0.3 is 56.8 Å². The lowest BCUT2D eigenvalue weighted by Gasteiger charge is -2.16. The molecule has 13 rings (SSSR count). The Labute approximate surface area is 804 Å². The smallest absolute Gasteiger partial charge is 0.411 e. The minimum Gasteiger partial charge on any atom is -0.489 e. The highest BCUT2D eigenvalue weighted by Crippen LogP contribution is 2.45. The number of para-hydroxylation sites is 6. The third-order valence-electron chi connectivity index (χ3n) is 21.2. The summed E-state index contributed by atoms with van der Waals surface area (Å²) in [6.45, 7) is 30.2. The van der Waals surface area contributed by atoms with Gasteiger partial charge in [-0.15, -0.1) is 0 Å². The lowest BCUT2D eigenvalue weighted by Crippen LogP contribution is -2.15. The molecule has 0 spiro atoms. The van der Waals surface area contributed by atoms with Gasteiger partial charge in [0.05, 0.1) is 81.8 Å². The first-order chi connectivity index (χ1) is 64.7. The van der Waals surface area contributed by atoms with E-state index in [0.29, 0.717) is 60.9 Å². The van der Waals surface area contributed by atoms with Crippen LogP contribution in [0.2, 0.25) is 5.02 Å². The van der Waals surface area contributed by atoms with E-state index in [9.17, 15) is 33.2 Å². The first-order valence-corrected chi connectivity index (χ1v) is 44.8. The fourth-order valence-electron chi connectivity index (χ4n) is 14.0. The molecule has 0 heterocycles. The summed E-state index contributed by atoms with van der Waals surface area (Å²) in [5.74, 6) is 4.90. The van der Waals surface area contributed by atoms with Crippen LogP contribution >= 0.6 is 27.5 Å². The van der Waals surface area contributed by atoms with Gasteiger partial charge in [-0.2, -0.15) is 0 Å². The molecule has 1 saturated carbocycles. The van der Waals surface area contributed by atoms with Crippen LogP contribution in [0.1, 0.15) is 143 Å². The highest BCUT2D eigenvalue weighted by atomic mass is 79.9. The van der Waals surface area contributed by atoms with E-state index in [2.05, 4.69) is 124 Å². The van der Waals surface area contributed by atoms with E-state index < -0.39 is 42.4 Å². The van der Waals surface area contributed by atoms with Crippen LogP contribution in [0, 0.1) is 95.8 Å². The molecule has 6 amide bonds. The molecule has 0 bridgehead atoms. The summed E-state index contributed by atoms with van der Waals surface area (Å²) in [6, 6.07) is 69.5. The number of carbonyl (C=O) groups excluding carboxylic acids is 6. The summed E-state index contributed by atoms with van der Waals surface area (Å²) >= 11 is 9.57. The Morgan fingerprint density at radius 1 is 0.296 bits per heavy atom. The molecular weight excluding hydrogens is 1800 g/mol. The number of halogens is 3. The van der Waals surface area contributed by atoms with Crippen LogP contribution in [0.15, 0.2) is 223 Å². The van der Waals surface area contributed by atoms with Crippen molar-refractivity contribution in [3.05, 3.63) is 351 Å². The summed E-state index contributed by atoms with van der Waals surface area (Å²) in [7, 11) is 7.94. The van der Waals surface area contributed by atoms with Crippen LogP contribution in [0.5, 0.6) is 34.5 Å². The molecule has 12 aromatic carbocycles. The molecule has 135 heavy (non-hydrogen) atoms. The number of aryl methyl sites for hydroxylation is 14. The van der Waals surface area contributed by atoms with Crippen LogP contribution in [0.3, 0.4) is 0 Å². The van der Waals surface area contributed by atoms with Gasteiger partial charge in [-0.1, -0.05) is 216 Å². The van der Waals surface area contributed by atoms with Gasteiger partial charge >= 0.3 is 36.6 Å². The third kappa shape index (κ3) is 33.5. The quantitative estimate of drug-likeness (QED) is 0.0275. The third-order valence-corrected chi connectivity index (χ3v) is 22.2. The second-order valence-corrected chi connectivity index (χ2v) is 33.2. The van der Waals surface area contributed by atoms with Crippen LogP contribution < -0.4 is 60.3 Å². The number of hydrogen-bond acceptors (Lipinski definition) is 18. The number of methoxy groups -OCH3 is 6. The van der Waals surface area contributed by atoms with Crippen molar-refractivity contribution in [2.45, 2.75) is 162 Å². The highest BCUT2D eigenvalue weighted by molar-refractivity contribution is 9.10. The number of amides is 6. The SMILES string of the molecule is CCc1cccc(COc2ccc(C)cc2C)c1NC(=O)OC.COC(=O)Nc1c(Br)cccc1COc1ccc(C)cc1C.COC(=O)Nc1c(C)cccc1COc1ccc(C)cc1C.COC(=O)Nc1c(COc2ccc(C)cc2C)cccc1C1CC1.COC(=O)Nc1c(Cl)cccc1COc1ccc(C)cc1C.COC(=O)Nc1c(F)cccc1COc1ccc(C)cc1C. The molecule has 0 saturated heterocycles. The number of carbonyl (C=O) groups is 6. The minimum absolute atomic E-state index is 0.0686. The standard InChI is InChI=1S/C20H23NO3.C19H23NO3.C18H21NO3.C17H18BrNO3.C17H18ClNO3.C17H18FNO3/c1-13-7-10-18(14(2)11-13)24-12-16-5-4-6-17(15-8-9-15)19(16)21-20(22)23-3;1-5-15-7-6-8-16(18(15)20-19(21)22-4)12-23-17-10-9-13(2)11-14(17)3;1-12-8-9-16(14(3)10-12)22-11-15-7-5-6-13(2)17(15)19-18(20)21-4;3*1-11-7-8-15(12(2)9-11)22-10-13-5-4-6-14(18)16(13)19-17(20)21-3/h4-7,10-11,15H,8-9,12H2,1-3H3,(H,21,22);6-11H,5,12H2,1-4H3,(H,20,21);5-10H,11H2,1-4H3,(H,19,20);3*4-9H,10H2,1-3H3,(H,19,20). The Bertz CT molecular complexity index is 5590. The van der Waals surface area contributed by atoms with Crippen LogP contribution in [-0.4, -0.2) is 79.2 Å². The number of hydrogen-bond donors (Lipinski definition) is 6. The molecule has 1 aliphatic rings. The maximum absolute atomic E-state index is 13.9. The molecule has 0 radical (unpaired) electrons. The van der Waals surface area contributed by atoms with Gasteiger partial charge in [-0.3, -0.25) is 31.9 Å². The maximum Gasteiger partial charge on any atom is 0.411 e. The largest absolute Gasteiger partial charge is 0.489 e. The molecule has 12 aromatic rings. The van der Waals surface area contributed by atoms with Crippen molar-refractivity contribution in [2.75, 3.05) is 74.6 Å². The van der Waals surface area contributed by atoms with Crippen LogP contribution in [-0.2, 0) is 74.5 Å². The number of ether oxygens (including phenoxy) is 12. The molecule has 0 unspecified atom stereocenters. The van der Waals surface area contributed by atoms with E-state index >= 15 is 0 Å². The number of rotatable bonds is 26. The number of nitrogens with one attached hydrogen (secondary N) is 6. The van der Waals surface area contributed by atoms with E-state index in [0.717, 1.165) is 153 Å². The van der Waals surface area contributed by atoms with E-state index in [1.807, 2.05) is 234 Å². The number of benzene rings is 12. The van der Waals surface area contributed by atoms with Crippen molar-refractivity contribution in [1.82, 2.24) is 0 Å². The average Bonchev–Trinajstić information content (AvgIpc) is 1.66. The summed E-state index contributed by atoms with van der Waals surface area (Å²) in [4.78, 5) is 69.0. The molecule has 6 N–H and O–H groups in total. The van der Waals surface area contributed by atoms with Gasteiger partial charge in [0.2, 0.25) is 0 Å². The maximum atomic E-state index is 13.9. The Morgan fingerprint density at radius 3 is 0.889 bits per heavy atom. The van der Waals surface area contributed by atoms with Crippen molar-refractivity contribution in [2.24, 2.45) is 0 Å². The zero-order chi connectivity index (χ0) is 98.4. The van der Waals surface area contributed by atoms with Crippen molar-refractivity contribution >= 4 is 98.2 Å².